The summed E-state index contributed by atoms with van der Waals surface area (Å²) in [6.07, 6.45) is 10.6. The van der Waals surface area contributed by atoms with Crippen LogP contribution in [0.3, 0.4) is 0 Å². The van der Waals surface area contributed by atoms with Gasteiger partial charge in [-0.1, -0.05) is 60.1 Å². The third kappa shape index (κ3) is 4.42. The first kappa shape index (κ1) is 31.6. The molecule has 0 aromatic heterocycles. The Bertz CT molecular complexity index is 1160. The lowest BCUT2D eigenvalue weighted by atomic mass is 9.33. The molecule has 0 amide bonds. The van der Waals surface area contributed by atoms with Crippen molar-refractivity contribution in [2.45, 2.75) is 139 Å². The molecular formula is C36H56O6. The second kappa shape index (κ2) is 10.4. The molecule has 2 unspecified atom stereocenters. The second-order valence-corrected chi connectivity index (χ2v) is 16.3. The van der Waals surface area contributed by atoms with Crippen LogP contribution in [0.2, 0.25) is 0 Å². The first-order valence-electron chi connectivity index (χ1n) is 16.7. The summed E-state index contributed by atoms with van der Waals surface area (Å²) < 4.78 is 17.0. The second-order valence-electron chi connectivity index (χ2n) is 16.3. The normalized spacial score (nSPS) is 46.4. The van der Waals surface area contributed by atoms with Gasteiger partial charge in [0.25, 0.3) is 0 Å². The molecule has 6 nitrogen and oxygen atoms in total. The molecule has 5 aliphatic carbocycles. The van der Waals surface area contributed by atoms with Gasteiger partial charge in [0.15, 0.2) is 0 Å². The van der Waals surface area contributed by atoms with Crippen molar-refractivity contribution < 1.29 is 28.6 Å². The standard InChI is InChI=1S/C36H56O6/c1-21-13-18-36(31(39)42-25(5)40-23(3)37)20-19-34(9)26(30(36)22(21)2)11-12-28-33(8)16-15-29(41-24(4)38)32(6,7)27(33)14-17-35(28,34)10/h11,21-22,25,27-30H,12-20H2,1-10H3/t21-,22+,25?,27?,28-,29+,30+,33+,34-,35-,36+/m1/s1. The minimum Gasteiger partial charge on any atom is -0.462 e. The van der Waals surface area contributed by atoms with Gasteiger partial charge in [0.1, 0.15) is 6.10 Å². The predicted octanol–water partition coefficient (Wildman–Crippen LogP) is 8.03. The van der Waals surface area contributed by atoms with Gasteiger partial charge in [-0.15, -0.1) is 0 Å². The van der Waals surface area contributed by atoms with Gasteiger partial charge in [0.2, 0.25) is 6.29 Å². The number of hydrogen-bond donors (Lipinski definition) is 0. The molecule has 0 spiro atoms. The molecule has 4 saturated carbocycles. The van der Waals surface area contributed by atoms with Crippen molar-refractivity contribution in [2.75, 3.05) is 0 Å². The number of carbonyl (C=O) groups is 3. The summed E-state index contributed by atoms with van der Waals surface area (Å²) in [6, 6.07) is 0. The summed E-state index contributed by atoms with van der Waals surface area (Å²) in [5.41, 5.74) is 1.15. The minimum absolute atomic E-state index is 0.00202. The summed E-state index contributed by atoms with van der Waals surface area (Å²) in [4.78, 5) is 37.6. The highest BCUT2D eigenvalue weighted by molar-refractivity contribution is 5.79. The van der Waals surface area contributed by atoms with Crippen molar-refractivity contribution in [1.29, 1.82) is 0 Å². The lowest BCUT2D eigenvalue weighted by Gasteiger charge is -2.71. The number of esters is 3. The number of hydrogen-bond acceptors (Lipinski definition) is 6. The number of fused-ring (bicyclic) bond motifs is 7. The van der Waals surface area contributed by atoms with Crippen molar-refractivity contribution in [3.63, 3.8) is 0 Å². The zero-order valence-corrected chi connectivity index (χ0v) is 27.9. The van der Waals surface area contributed by atoms with Gasteiger partial charge in [-0.05, 0) is 104 Å². The third-order valence-electron chi connectivity index (χ3n) is 14.2. The zero-order chi connectivity index (χ0) is 31.0. The number of rotatable bonds is 4. The van der Waals surface area contributed by atoms with E-state index in [1.807, 2.05) is 0 Å². The van der Waals surface area contributed by atoms with Crippen molar-refractivity contribution in [3.8, 4) is 0 Å². The molecule has 236 valence electrons. The molecule has 11 atom stereocenters. The van der Waals surface area contributed by atoms with Crippen LogP contribution in [-0.2, 0) is 28.6 Å². The Morgan fingerprint density at radius 1 is 0.833 bits per heavy atom. The molecule has 0 saturated heterocycles. The van der Waals surface area contributed by atoms with E-state index < -0.39 is 17.7 Å². The Labute approximate surface area is 254 Å². The maximum Gasteiger partial charge on any atom is 0.315 e. The summed E-state index contributed by atoms with van der Waals surface area (Å²) in [5, 5.41) is 0. The summed E-state index contributed by atoms with van der Waals surface area (Å²) in [6.45, 7) is 21.5. The molecule has 0 bridgehead atoms. The maximum absolute atomic E-state index is 14.1. The van der Waals surface area contributed by atoms with Crippen molar-refractivity contribution in [3.05, 3.63) is 11.6 Å². The van der Waals surface area contributed by atoms with Crippen molar-refractivity contribution in [1.82, 2.24) is 0 Å². The first-order chi connectivity index (χ1) is 19.4. The highest BCUT2D eigenvalue weighted by Crippen LogP contribution is 2.76. The Morgan fingerprint density at radius 2 is 1.52 bits per heavy atom. The highest BCUT2D eigenvalue weighted by Gasteiger charge is 2.70. The fourth-order valence-electron chi connectivity index (χ4n) is 11.8. The van der Waals surface area contributed by atoms with Crippen LogP contribution in [0.25, 0.3) is 0 Å². The molecule has 5 aliphatic rings. The van der Waals surface area contributed by atoms with Crippen LogP contribution in [0.15, 0.2) is 11.6 Å². The Morgan fingerprint density at radius 3 is 2.17 bits per heavy atom. The highest BCUT2D eigenvalue weighted by atomic mass is 16.7. The quantitative estimate of drug-likeness (QED) is 0.189. The van der Waals surface area contributed by atoms with Crippen LogP contribution in [0, 0.1) is 56.7 Å². The average Bonchev–Trinajstić information content (AvgIpc) is 2.87. The van der Waals surface area contributed by atoms with Crippen LogP contribution in [0.1, 0.15) is 127 Å². The Kier molecular flexibility index (Phi) is 7.79. The smallest absolute Gasteiger partial charge is 0.315 e. The number of ether oxygens (including phenoxy) is 3. The number of allylic oxidation sites excluding steroid dienone is 2. The van der Waals surface area contributed by atoms with E-state index in [0.29, 0.717) is 23.7 Å². The van der Waals surface area contributed by atoms with Gasteiger partial charge in [-0.3, -0.25) is 14.4 Å². The molecule has 4 fully saturated rings. The van der Waals surface area contributed by atoms with Crippen molar-refractivity contribution in [2.24, 2.45) is 56.7 Å². The SMILES string of the molecule is CC(=O)OC(C)OC(=O)[C@]12CC[C@@H](C)[C@H](C)[C@H]1C1=CC[C@@H]3[C@@]4(C)CC[C@H](OC(C)=O)C(C)(C)C4CC[C@@]3(C)[C@]1(C)CC2. The van der Waals surface area contributed by atoms with Crippen LogP contribution >= 0.6 is 0 Å². The van der Waals surface area contributed by atoms with E-state index in [0.717, 1.165) is 57.8 Å². The fraction of sp³-hybridized carbons (Fsp3) is 0.861. The third-order valence-corrected chi connectivity index (χ3v) is 14.2. The largest absolute Gasteiger partial charge is 0.462 e. The molecule has 0 aliphatic heterocycles. The molecule has 6 heteroatoms. The van der Waals surface area contributed by atoms with E-state index >= 15 is 0 Å². The molecule has 42 heavy (non-hydrogen) atoms. The summed E-state index contributed by atoms with van der Waals surface area (Å²) in [7, 11) is 0. The summed E-state index contributed by atoms with van der Waals surface area (Å²) >= 11 is 0. The van der Waals surface area contributed by atoms with Gasteiger partial charge in [-0.25, -0.2) is 0 Å². The zero-order valence-electron chi connectivity index (χ0n) is 27.9. The Balaban J connectivity index is 1.52. The fourth-order valence-corrected chi connectivity index (χ4v) is 11.8. The molecule has 0 aromatic carbocycles. The Hall–Kier alpha value is -1.85. The molecule has 0 N–H and O–H groups in total. The topological polar surface area (TPSA) is 78.9 Å². The molecule has 0 aromatic rings. The lowest BCUT2D eigenvalue weighted by molar-refractivity contribution is -0.218. The molecular weight excluding hydrogens is 528 g/mol. The van der Waals surface area contributed by atoms with Gasteiger partial charge >= 0.3 is 17.9 Å². The van der Waals surface area contributed by atoms with Crippen LogP contribution < -0.4 is 0 Å². The minimum atomic E-state index is -0.879. The first-order valence-corrected chi connectivity index (χ1v) is 16.7. The lowest BCUT2D eigenvalue weighted by Crippen LogP contribution is -2.65. The molecule has 0 heterocycles. The van der Waals surface area contributed by atoms with E-state index in [9.17, 15) is 14.4 Å². The van der Waals surface area contributed by atoms with Crippen molar-refractivity contribution >= 4 is 17.9 Å². The molecule has 5 rings (SSSR count). The van der Waals surface area contributed by atoms with Crippen LogP contribution in [0.5, 0.6) is 0 Å². The summed E-state index contributed by atoms with van der Waals surface area (Å²) in [5.74, 6) is 1.27. The molecule has 0 radical (unpaired) electrons. The van der Waals surface area contributed by atoms with Gasteiger partial charge in [-0.2, -0.15) is 0 Å². The maximum atomic E-state index is 14.1. The van der Waals surface area contributed by atoms with Crippen LogP contribution in [0.4, 0.5) is 0 Å². The predicted molar refractivity (Wildman–Crippen MR) is 162 cm³/mol. The van der Waals surface area contributed by atoms with Gasteiger partial charge in [0, 0.05) is 26.2 Å². The van der Waals surface area contributed by atoms with E-state index in [2.05, 4.69) is 54.5 Å². The monoisotopic (exact) mass is 584 g/mol. The van der Waals surface area contributed by atoms with Gasteiger partial charge in [0.05, 0.1) is 5.41 Å². The van der Waals surface area contributed by atoms with E-state index in [-0.39, 0.29) is 45.6 Å². The average molecular weight is 585 g/mol. The van der Waals surface area contributed by atoms with E-state index in [1.54, 1.807) is 13.8 Å². The van der Waals surface area contributed by atoms with E-state index in [1.165, 1.54) is 12.5 Å². The van der Waals surface area contributed by atoms with Gasteiger partial charge < -0.3 is 14.2 Å². The van der Waals surface area contributed by atoms with E-state index in [4.69, 9.17) is 14.2 Å². The number of carbonyl (C=O) groups excluding carboxylic acids is 3. The van der Waals surface area contributed by atoms with Crippen LogP contribution in [-0.4, -0.2) is 30.3 Å².